The molecule has 6 heteroatoms. The Morgan fingerprint density at radius 2 is 1.18 bits per heavy atom. The molecule has 0 aromatic heterocycles. The molecule has 0 fully saturated rings. The monoisotopic (exact) mass is 624 g/mol. The minimum absolute atomic E-state index is 0.0499. The summed E-state index contributed by atoms with van der Waals surface area (Å²) in [7, 11) is -0.712. The molecule has 0 amide bonds. The molecule has 2 nitrogen and oxygen atoms in total. The summed E-state index contributed by atoms with van der Waals surface area (Å²) >= 11 is 7.12. The van der Waals surface area contributed by atoms with Crippen LogP contribution in [0.2, 0.25) is 0 Å². The van der Waals surface area contributed by atoms with Crippen LogP contribution in [0.1, 0.15) is 17.2 Å². The van der Waals surface area contributed by atoms with Crippen molar-refractivity contribution in [2.75, 3.05) is 6.61 Å². The van der Waals surface area contributed by atoms with E-state index in [4.69, 9.17) is 9.73 Å². The van der Waals surface area contributed by atoms with Crippen LogP contribution >= 0.6 is 36.3 Å². The number of rotatable bonds is 5. The number of hydrogen-bond donors (Lipinski definition) is 0. The quantitative estimate of drug-likeness (QED) is 0.228. The van der Waals surface area contributed by atoms with E-state index >= 15 is 0 Å². The molecular formula is C27H22Br2CoNOP. The van der Waals surface area contributed by atoms with Crippen LogP contribution in [-0.2, 0) is 15.9 Å². The molecule has 0 saturated carbocycles. The Morgan fingerprint density at radius 1 is 0.697 bits per heavy atom. The Bertz CT molecular complexity index is 1140. The number of nitrogens with zero attached hydrogens (tertiary/aromatic N) is 1. The van der Waals surface area contributed by atoms with E-state index in [0.29, 0.717) is 6.61 Å². The summed E-state index contributed by atoms with van der Waals surface area (Å²) < 4.78 is 6.13. The Balaban J connectivity index is 0.000000821. The van der Waals surface area contributed by atoms with Crippen LogP contribution in [0.15, 0.2) is 120 Å². The fourth-order valence-corrected chi connectivity index (χ4v) is 6.24. The van der Waals surface area contributed by atoms with E-state index in [0.717, 1.165) is 22.6 Å². The van der Waals surface area contributed by atoms with Gasteiger partial charge in [-0.3, -0.25) is 0 Å². The van der Waals surface area contributed by atoms with E-state index in [9.17, 15) is 0 Å². The number of benzene rings is 4. The summed E-state index contributed by atoms with van der Waals surface area (Å²) in [5.74, 6) is 0.749. The number of halogens is 2. The van der Waals surface area contributed by atoms with Crippen LogP contribution in [0.3, 0.4) is 0 Å². The SMILES string of the molecule is [Br][Co][Br].c1ccc([C@@H]2COC(c3ccccc3P(c3ccccc3)c3ccccc3)=N2)cc1. The minimum Gasteiger partial charge on any atom is -0.475 e. The van der Waals surface area contributed by atoms with Crippen molar-refractivity contribution in [2.45, 2.75) is 6.04 Å². The second-order valence-corrected chi connectivity index (χ2v) is 14.7. The maximum atomic E-state index is 6.13. The zero-order chi connectivity index (χ0) is 22.9. The molecule has 0 radical (unpaired) electrons. The molecule has 0 aliphatic carbocycles. The Hall–Kier alpha value is -1.75. The third kappa shape index (κ3) is 6.23. The minimum atomic E-state index is -0.712. The third-order valence-electron chi connectivity index (χ3n) is 5.24. The second kappa shape index (κ2) is 12.6. The van der Waals surface area contributed by atoms with Gasteiger partial charge in [-0.1, -0.05) is 109 Å². The van der Waals surface area contributed by atoms with E-state index in [2.05, 4.69) is 138 Å². The summed E-state index contributed by atoms with van der Waals surface area (Å²) in [5, 5.41) is 3.92. The van der Waals surface area contributed by atoms with Crippen LogP contribution in [0.4, 0.5) is 0 Å². The fourth-order valence-electron chi connectivity index (χ4n) is 3.80. The van der Waals surface area contributed by atoms with E-state index < -0.39 is 7.92 Å². The normalized spacial score (nSPS) is 14.9. The van der Waals surface area contributed by atoms with E-state index in [1.807, 2.05) is 6.07 Å². The topological polar surface area (TPSA) is 21.6 Å². The van der Waals surface area contributed by atoms with Gasteiger partial charge in [-0.25, -0.2) is 4.99 Å². The first-order valence-corrected chi connectivity index (χ1v) is 16.9. The average molecular weight is 626 g/mol. The molecule has 1 aliphatic heterocycles. The van der Waals surface area contributed by atoms with E-state index in [1.54, 1.807) is 0 Å². The van der Waals surface area contributed by atoms with Crippen LogP contribution in [-0.4, -0.2) is 12.5 Å². The van der Waals surface area contributed by atoms with Gasteiger partial charge in [0, 0.05) is 5.56 Å². The summed E-state index contributed by atoms with van der Waals surface area (Å²) in [6, 6.07) is 40.5. The molecule has 0 saturated heterocycles. The largest absolute Gasteiger partial charge is 0.475 e. The molecule has 0 bridgehead atoms. The summed E-state index contributed by atoms with van der Waals surface area (Å²) in [5.41, 5.74) is 2.29. The van der Waals surface area contributed by atoms with Gasteiger partial charge in [0.2, 0.25) is 5.90 Å². The van der Waals surface area contributed by atoms with Gasteiger partial charge in [0.15, 0.2) is 0 Å². The molecule has 1 aliphatic rings. The van der Waals surface area contributed by atoms with E-state index in [1.165, 1.54) is 21.5 Å². The molecule has 5 rings (SSSR count). The van der Waals surface area contributed by atoms with Crippen LogP contribution in [0.25, 0.3) is 0 Å². The Labute approximate surface area is 216 Å². The van der Waals surface area contributed by atoms with Crippen LogP contribution < -0.4 is 15.9 Å². The standard InChI is InChI=1S/C27H22NOP.2BrH.Co/c1-4-12-21(13-5-1)25-20-29-27(28-25)24-18-10-11-19-26(24)30(22-14-6-2-7-15-22)23-16-8-3-9-17-23;;;/h1-19,25H,20H2;2*1H;/q;;;+2/p-2/t25-;;;/m0.../s1. The molecule has 0 unspecified atom stereocenters. The molecule has 169 valence electrons. The summed E-state index contributed by atoms with van der Waals surface area (Å²) in [6.45, 7) is 0.586. The predicted octanol–water partition coefficient (Wildman–Crippen LogP) is 6.65. The van der Waals surface area contributed by atoms with Gasteiger partial charge in [0.05, 0.1) is 0 Å². The van der Waals surface area contributed by atoms with Crippen molar-refractivity contribution in [3.8, 4) is 0 Å². The van der Waals surface area contributed by atoms with Crippen molar-refractivity contribution in [3.05, 3.63) is 126 Å². The summed E-state index contributed by atoms with van der Waals surface area (Å²) in [4.78, 5) is 4.96. The van der Waals surface area contributed by atoms with Crippen molar-refractivity contribution < 1.29 is 15.9 Å². The first-order chi connectivity index (χ1) is 16.3. The second-order valence-electron chi connectivity index (χ2n) is 7.24. The van der Waals surface area contributed by atoms with Crippen molar-refractivity contribution >= 4 is 58.1 Å². The van der Waals surface area contributed by atoms with Gasteiger partial charge in [-0.2, -0.15) is 0 Å². The van der Waals surface area contributed by atoms with Crippen molar-refractivity contribution in [3.63, 3.8) is 0 Å². The molecule has 0 spiro atoms. The molecule has 1 heterocycles. The first kappa shape index (κ1) is 24.4. The maximum Gasteiger partial charge on any atom is 0.217 e. The summed E-state index contributed by atoms with van der Waals surface area (Å²) in [6.07, 6.45) is 0. The van der Waals surface area contributed by atoms with Crippen LogP contribution in [0, 0.1) is 0 Å². The molecular weight excluding hydrogens is 604 g/mol. The van der Waals surface area contributed by atoms with Gasteiger partial charge < -0.3 is 4.74 Å². The molecule has 4 aromatic rings. The fraction of sp³-hybridized carbons (Fsp3) is 0.0741. The van der Waals surface area contributed by atoms with Gasteiger partial charge in [-0.15, -0.1) is 0 Å². The average Bonchev–Trinajstić information content (AvgIpc) is 3.37. The Kier molecular flexibility index (Phi) is 9.33. The first-order valence-electron chi connectivity index (χ1n) is 10.4. The smallest absolute Gasteiger partial charge is 0.217 e. The molecule has 4 aromatic carbocycles. The number of hydrogen-bond acceptors (Lipinski definition) is 2. The molecule has 33 heavy (non-hydrogen) atoms. The number of aliphatic imine (C=N–C) groups is 1. The number of ether oxygens (including phenoxy) is 1. The zero-order valence-electron chi connectivity index (χ0n) is 17.6. The van der Waals surface area contributed by atoms with Gasteiger partial charge >= 0.3 is 39.5 Å². The van der Waals surface area contributed by atoms with Crippen LogP contribution in [0.5, 0.6) is 0 Å². The maximum absolute atomic E-state index is 6.13. The van der Waals surface area contributed by atoms with Gasteiger partial charge in [0.25, 0.3) is 0 Å². The predicted molar refractivity (Wildman–Crippen MR) is 145 cm³/mol. The molecule has 0 N–H and O–H groups in total. The Morgan fingerprint density at radius 3 is 1.76 bits per heavy atom. The molecule has 1 atom stereocenters. The van der Waals surface area contributed by atoms with Crippen molar-refractivity contribution in [2.24, 2.45) is 4.99 Å². The van der Waals surface area contributed by atoms with Gasteiger partial charge in [0.1, 0.15) is 12.6 Å². The van der Waals surface area contributed by atoms with Crippen molar-refractivity contribution in [1.29, 1.82) is 0 Å². The third-order valence-corrected chi connectivity index (χ3v) is 7.74. The zero-order valence-corrected chi connectivity index (χ0v) is 22.8. The van der Waals surface area contributed by atoms with Crippen molar-refractivity contribution in [1.82, 2.24) is 0 Å². The van der Waals surface area contributed by atoms with Gasteiger partial charge in [-0.05, 0) is 35.5 Å². The van der Waals surface area contributed by atoms with E-state index in [-0.39, 0.29) is 6.04 Å².